The van der Waals surface area contributed by atoms with Crippen LogP contribution in [0.5, 0.6) is 0 Å². The first-order valence-electron chi connectivity index (χ1n) is 10.8. The molecule has 1 atom stereocenters. The molecule has 3 aromatic rings. The van der Waals surface area contributed by atoms with Gasteiger partial charge in [-0.25, -0.2) is 4.39 Å². The molecule has 1 fully saturated rings. The van der Waals surface area contributed by atoms with Gasteiger partial charge in [0.2, 0.25) is 5.91 Å². The van der Waals surface area contributed by atoms with Gasteiger partial charge in [-0.05, 0) is 55.5 Å². The van der Waals surface area contributed by atoms with Crippen molar-refractivity contribution in [2.45, 2.75) is 32.7 Å². The average Bonchev–Trinajstić information content (AvgIpc) is 3.43. The van der Waals surface area contributed by atoms with Crippen LogP contribution in [0, 0.1) is 11.2 Å². The second-order valence-electron chi connectivity index (χ2n) is 8.81. The molecule has 0 aliphatic carbocycles. The Bertz CT molecular complexity index is 1140. The summed E-state index contributed by atoms with van der Waals surface area (Å²) in [6, 6.07) is 14.3. The van der Waals surface area contributed by atoms with Crippen molar-refractivity contribution >= 4 is 11.8 Å². The molecule has 166 valence electrons. The molecule has 0 bridgehead atoms. The highest BCUT2D eigenvalue weighted by molar-refractivity contribution is 5.95. The van der Waals surface area contributed by atoms with Crippen molar-refractivity contribution in [3.63, 3.8) is 0 Å². The summed E-state index contributed by atoms with van der Waals surface area (Å²) in [5, 5.41) is 4.25. The van der Waals surface area contributed by atoms with E-state index in [9.17, 15) is 14.0 Å². The van der Waals surface area contributed by atoms with Crippen LogP contribution in [-0.2, 0) is 11.2 Å². The topological polar surface area (TPSA) is 81.2 Å². The molecule has 6 nitrogen and oxygen atoms in total. The smallest absolute Gasteiger partial charge is 0.257 e. The van der Waals surface area contributed by atoms with Crippen molar-refractivity contribution in [3.8, 4) is 11.1 Å². The number of halogens is 1. The Morgan fingerprint density at radius 1 is 1.16 bits per heavy atom. The third-order valence-electron chi connectivity index (χ3n) is 6.19. The zero-order chi connectivity index (χ0) is 22.9. The van der Waals surface area contributed by atoms with E-state index in [4.69, 9.17) is 5.73 Å². The number of benzene rings is 2. The van der Waals surface area contributed by atoms with Crippen LogP contribution < -0.4 is 5.73 Å². The second kappa shape index (κ2) is 8.57. The van der Waals surface area contributed by atoms with Gasteiger partial charge in [-0.15, -0.1) is 0 Å². The third-order valence-corrected chi connectivity index (χ3v) is 6.19. The van der Waals surface area contributed by atoms with Crippen LogP contribution >= 0.6 is 0 Å². The van der Waals surface area contributed by atoms with E-state index >= 15 is 0 Å². The van der Waals surface area contributed by atoms with Gasteiger partial charge in [0.05, 0.1) is 17.2 Å². The van der Waals surface area contributed by atoms with Crippen molar-refractivity contribution < 1.29 is 14.0 Å². The standard InChI is InChI=1S/C25H27FN4O2/c1-17(2)30-15-21(14-28-30)23(31)29-11-10-25(16-29,24(27)32)13-18-4-3-5-20(12-18)19-6-8-22(26)9-7-19/h3-9,12,14-15,17H,10-11,13,16H2,1-2H3,(H2,27,32)/t25-/m1/s1. The van der Waals surface area contributed by atoms with E-state index in [0.29, 0.717) is 24.9 Å². The average molecular weight is 435 g/mol. The number of nitrogens with zero attached hydrogens (tertiary/aromatic N) is 3. The molecule has 7 heteroatoms. The molecule has 2 heterocycles. The number of aromatic nitrogens is 2. The lowest BCUT2D eigenvalue weighted by Gasteiger charge is -2.26. The molecule has 1 aromatic heterocycles. The predicted molar refractivity (Wildman–Crippen MR) is 120 cm³/mol. The minimum Gasteiger partial charge on any atom is -0.369 e. The van der Waals surface area contributed by atoms with Crippen LogP contribution in [0.2, 0.25) is 0 Å². The molecule has 0 spiro atoms. The van der Waals surface area contributed by atoms with Crippen LogP contribution in [0.15, 0.2) is 60.9 Å². The summed E-state index contributed by atoms with van der Waals surface area (Å²) in [5.41, 5.74) is 8.32. The van der Waals surface area contributed by atoms with E-state index < -0.39 is 11.3 Å². The molecule has 0 unspecified atom stereocenters. The fraction of sp³-hybridized carbons (Fsp3) is 0.320. The molecular weight excluding hydrogens is 407 g/mol. The Balaban J connectivity index is 1.54. The number of amides is 2. The lowest BCUT2D eigenvalue weighted by atomic mass is 9.79. The number of likely N-dealkylation sites (tertiary alicyclic amines) is 1. The molecule has 4 rings (SSSR count). The number of hydrogen-bond acceptors (Lipinski definition) is 3. The molecule has 2 aromatic carbocycles. The van der Waals surface area contributed by atoms with Crippen molar-refractivity contribution in [2.75, 3.05) is 13.1 Å². The van der Waals surface area contributed by atoms with Crippen molar-refractivity contribution in [2.24, 2.45) is 11.1 Å². The van der Waals surface area contributed by atoms with Crippen molar-refractivity contribution in [1.29, 1.82) is 0 Å². The summed E-state index contributed by atoms with van der Waals surface area (Å²) in [6.45, 7) is 4.73. The fourth-order valence-corrected chi connectivity index (χ4v) is 4.29. The van der Waals surface area contributed by atoms with Crippen LogP contribution in [0.25, 0.3) is 11.1 Å². The van der Waals surface area contributed by atoms with Gasteiger partial charge < -0.3 is 10.6 Å². The molecule has 1 aliphatic heterocycles. The SMILES string of the molecule is CC(C)n1cc(C(=O)N2CC[C@](Cc3cccc(-c4ccc(F)cc4)c3)(C(N)=O)C2)cn1. The van der Waals surface area contributed by atoms with Gasteiger partial charge >= 0.3 is 0 Å². The molecule has 2 amide bonds. The Morgan fingerprint density at radius 2 is 1.91 bits per heavy atom. The zero-order valence-electron chi connectivity index (χ0n) is 18.3. The highest BCUT2D eigenvalue weighted by atomic mass is 19.1. The molecule has 32 heavy (non-hydrogen) atoms. The predicted octanol–water partition coefficient (Wildman–Crippen LogP) is 3.83. The molecule has 0 saturated carbocycles. The van der Waals surface area contributed by atoms with E-state index in [2.05, 4.69) is 5.10 Å². The summed E-state index contributed by atoms with van der Waals surface area (Å²) in [6.07, 6.45) is 4.25. The van der Waals surface area contributed by atoms with Crippen molar-refractivity contribution in [3.05, 3.63) is 77.9 Å². The van der Waals surface area contributed by atoms with Gasteiger partial charge in [0.1, 0.15) is 5.82 Å². The van der Waals surface area contributed by atoms with Crippen LogP contribution in [0.1, 0.15) is 42.2 Å². The summed E-state index contributed by atoms with van der Waals surface area (Å²) >= 11 is 0. The third kappa shape index (κ3) is 4.28. The van der Waals surface area contributed by atoms with Crippen LogP contribution in [-0.4, -0.2) is 39.6 Å². The quantitative estimate of drug-likeness (QED) is 0.640. The first-order chi connectivity index (χ1) is 15.3. The maximum absolute atomic E-state index is 13.3. The highest BCUT2D eigenvalue weighted by Crippen LogP contribution is 2.35. The van der Waals surface area contributed by atoms with E-state index in [1.165, 1.54) is 12.1 Å². The molecule has 1 aliphatic rings. The summed E-state index contributed by atoms with van der Waals surface area (Å²) < 4.78 is 15.0. The van der Waals surface area contributed by atoms with Gasteiger partial charge in [-0.1, -0.05) is 36.4 Å². The van der Waals surface area contributed by atoms with Gasteiger partial charge in [0.15, 0.2) is 0 Å². The number of nitrogens with two attached hydrogens (primary N) is 1. The lowest BCUT2D eigenvalue weighted by Crippen LogP contribution is -2.42. The van der Waals surface area contributed by atoms with Gasteiger partial charge in [-0.3, -0.25) is 14.3 Å². The van der Waals surface area contributed by atoms with Gasteiger partial charge in [0.25, 0.3) is 5.91 Å². The Hall–Kier alpha value is -3.48. The lowest BCUT2D eigenvalue weighted by molar-refractivity contribution is -0.126. The maximum atomic E-state index is 13.3. The molecule has 0 radical (unpaired) electrons. The van der Waals surface area contributed by atoms with E-state index in [1.807, 2.05) is 38.1 Å². The second-order valence-corrected chi connectivity index (χ2v) is 8.81. The molecule has 1 saturated heterocycles. The molecule has 2 N–H and O–H groups in total. The van der Waals surface area contributed by atoms with Gasteiger partial charge in [-0.2, -0.15) is 5.10 Å². The van der Waals surface area contributed by atoms with E-state index in [-0.39, 0.29) is 24.3 Å². The number of hydrogen-bond donors (Lipinski definition) is 1. The maximum Gasteiger partial charge on any atom is 0.257 e. The van der Waals surface area contributed by atoms with Crippen molar-refractivity contribution in [1.82, 2.24) is 14.7 Å². The fourth-order valence-electron chi connectivity index (χ4n) is 4.29. The highest BCUT2D eigenvalue weighted by Gasteiger charge is 2.45. The number of carbonyl (C=O) groups is 2. The number of primary amides is 1. The van der Waals surface area contributed by atoms with Crippen LogP contribution in [0.4, 0.5) is 4.39 Å². The summed E-state index contributed by atoms with van der Waals surface area (Å²) in [7, 11) is 0. The Morgan fingerprint density at radius 3 is 2.56 bits per heavy atom. The van der Waals surface area contributed by atoms with E-state index in [1.54, 1.807) is 34.1 Å². The van der Waals surface area contributed by atoms with E-state index in [0.717, 1.165) is 16.7 Å². The Kier molecular flexibility index (Phi) is 5.82. The minimum absolute atomic E-state index is 0.139. The monoisotopic (exact) mass is 434 g/mol. The normalized spacial score (nSPS) is 18.3. The number of carbonyl (C=O) groups excluding carboxylic acids is 2. The van der Waals surface area contributed by atoms with Gasteiger partial charge in [0, 0.05) is 25.3 Å². The molecular formula is C25H27FN4O2. The summed E-state index contributed by atoms with van der Waals surface area (Å²) in [4.78, 5) is 27.2. The Labute approximate surface area is 186 Å². The summed E-state index contributed by atoms with van der Waals surface area (Å²) in [5.74, 6) is -0.829. The first-order valence-corrected chi connectivity index (χ1v) is 10.8. The minimum atomic E-state index is -0.828. The zero-order valence-corrected chi connectivity index (χ0v) is 18.3. The van der Waals surface area contributed by atoms with Crippen LogP contribution in [0.3, 0.4) is 0 Å². The number of rotatable bonds is 6. The largest absolute Gasteiger partial charge is 0.369 e. The first kappa shape index (κ1) is 21.7.